The van der Waals surface area contributed by atoms with Crippen LogP contribution in [0.4, 0.5) is 0 Å². The summed E-state index contributed by atoms with van der Waals surface area (Å²) in [5, 5.41) is 0. The van der Waals surface area contributed by atoms with Crippen molar-refractivity contribution in [3.8, 4) is 0 Å². The number of thiol groups is 1. The number of rotatable bonds is 7. The Morgan fingerprint density at radius 3 is 1.88 bits per heavy atom. The van der Waals surface area contributed by atoms with Gasteiger partial charge in [-0.05, 0) is 26.3 Å². The summed E-state index contributed by atoms with van der Waals surface area (Å²) in [5.74, 6) is 0. The second kappa shape index (κ2) is 6.07. The molecule has 0 aromatic rings. The summed E-state index contributed by atoms with van der Waals surface area (Å²) in [6.07, 6.45) is 3.52. The van der Waals surface area contributed by atoms with E-state index in [0.717, 1.165) is 6.42 Å². The highest BCUT2D eigenvalue weighted by Crippen LogP contribution is 2.34. The maximum Gasteiger partial charge on any atom is 0.235 e. The molecule has 0 saturated carbocycles. The van der Waals surface area contributed by atoms with Crippen molar-refractivity contribution in [3.05, 3.63) is 0 Å². The van der Waals surface area contributed by atoms with Gasteiger partial charge in [-0.15, -0.1) is 0 Å². The van der Waals surface area contributed by atoms with Gasteiger partial charge >= 0.3 is 0 Å². The summed E-state index contributed by atoms with van der Waals surface area (Å²) < 4.78 is 6.54. The van der Waals surface area contributed by atoms with Gasteiger partial charge in [-0.2, -0.15) is 12.1 Å². The SMILES string of the molecule is CCCC(C)(C)O[Si](S)(CCC)[Si](C)(C)C. The first-order valence-electron chi connectivity index (χ1n) is 6.50. The maximum atomic E-state index is 6.54. The van der Waals surface area contributed by atoms with Crippen LogP contribution in [-0.2, 0) is 4.43 Å². The molecule has 4 heteroatoms. The molecule has 0 bridgehead atoms. The summed E-state index contributed by atoms with van der Waals surface area (Å²) in [6, 6.07) is 1.19. The van der Waals surface area contributed by atoms with Gasteiger partial charge in [-0.25, -0.2) is 0 Å². The van der Waals surface area contributed by atoms with E-state index in [1.165, 1.54) is 18.9 Å². The van der Waals surface area contributed by atoms with Crippen LogP contribution >= 0.6 is 12.1 Å². The molecule has 0 aliphatic rings. The van der Waals surface area contributed by atoms with E-state index in [-0.39, 0.29) is 5.60 Å². The highest BCUT2D eigenvalue weighted by Gasteiger charge is 2.47. The predicted octanol–water partition coefficient (Wildman–Crippen LogP) is 4.78. The Morgan fingerprint density at radius 1 is 1.06 bits per heavy atom. The lowest BCUT2D eigenvalue weighted by atomic mass is 10.0. The third kappa shape index (κ3) is 4.94. The van der Waals surface area contributed by atoms with E-state index in [1.54, 1.807) is 0 Å². The Balaban J connectivity index is 4.81. The van der Waals surface area contributed by atoms with E-state index in [1.807, 2.05) is 0 Å². The fourth-order valence-electron chi connectivity index (χ4n) is 2.03. The molecule has 1 nitrogen and oxygen atoms in total. The van der Waals surface area contributed by atoms with E-state index < -0.39 is 14.6 Å². The lowest BCUT2D eigenvalue weighted by molar-refractivity contribution is 0.0974. The van der Waals surface area contributed by atoms with Crippen LogP contribution in [0.25, 0.3) is 0 Å². The van der Waals surface area contributed by atoms with Crippen molar-refractivity contribution in [2.75, 3.05) is 0 Å². The summed E-state index contributed by atoms with van der Waals surface area (Å²) in [4.78, 5) is 0. The topological polar surface area (TPSA) is 9.23 Å². The molecule has 0 spiro atoms. The van der Waals surface area contributed by atoms with Gasteiger partial charge in [0.05, 0.1) is 13.2 Å². The monoisotopic (exact) mass is 278 g/mol. The number of hydrogen-bond donors (Lipinski definition) is 1. The maximum absolute atomic E-state index is 6.54. The normalized spacial score (nSPS) is 17.2. The molecule has 0 aliphatic carbocycles. The van der Waals surface area contributed by atoms with Crippen molar-refractivity contribution in [1.29, 1.82) is 0 Å². The van der Waals surface area contributed by atoms with Gasteiger partial charge in [0.15, 0.2) is 0 Å². The fraction of sp³-hybridized carbons (Fsp3) is 1.00. The standard InChI is InChI=1S/C12H30OSSi2/c1-8-10-12(3,4)13-16(14,11-9-2)15(5,6)7/h14H,8-11H2,1-7H3. The first kappa shape index (κ1) is 16.7. The molecule has 0 aliphatic heterocycles. The van der Waals surface area contributed by atoms with Gasteiger partial charge in [0.2, 0.25) is 6.98 Å². The average Bonchev–Trinajstić information content (AvgIpc) is 2.00. The zero-order valence-electron chi connectivity index (χ0n) is 12.2. The Kier molecular flexibility index (Phi) is 6.35. The minimum Gasteiger partial charge on any atom is -0.405 e. The third-order valence-corrected chi connectivity index (χ3v) is 22.5. The molecule has 0 amide bonds. The van der Waals surface area contributed by atoms with Crippen LogP contribution in [0.1, 0.15) is 47.0 Å². The molecule has 0 aromatic carbocycles. The first-order valence-corrected chi connectivity index (χ1v) is 14.4. The van der Waals surface area contributed by atoms with Crippen LogP contribution in [-0.4, -0.2) is 20.2 Å². The van der Waals surface area contributed by atoms with Gasteiger partial charge in [-0.3, -0.25) is 0 Å². The molecule has 0 aromatic heterocycles. The lowest BCUT2D eigenvalue weighted by Crippen LogP contribution is -2.58. The highest BCUT2D eigenvalue weighted by molar-refractivity contribution is 8.22. The first-order chi connectivity index (χ1) is 7.08. The minimum absolute atomic E-state index is 0.0121. The molecule has 0 N–H and O–H groups in total. The van der Waals surface area contributed by atoms with E-state index in [2.05, 4.69) is 47.3 Å². The van der Waals surface area contributed by atoms with Crippen molar-refractivity contribution < 1.29 is 4.43 Å². The third-order valence-electron chi connectivity index (χ3n) is 3.06. The van der Waals surface area contributed by atoms with Gasteiger partial charge in [0.25, 0.3) is 0 Å². The van der Waals surface area contributed by atoms with Gasteiger partial charge in [0, 0.05) is 0 Å². The molecule has 98 valence electrons. The average molecular weight is 279 g/mol. The van der Waals surface area contributed by atoms with E-state index in [4.69, 9.17) is 16.5 Å². The van der Waals surface area contributed by atoms with Crippen LogP contribution in [0.2, 0.25) is 25.7 Å². The zero-order chi connectivity index (χ0) is 13.0. The zero-order valence-corrected chi connectivity index (χ0v) is 15.1. The Hall–Kier alpha value is 0.744. The second-order valence-corrected chi connectivity index (χ2v) is 23.5. The summed E-state index contributed by atoms with van der Waals surface area (Å²) in [5.41, 5.74) is 0.0121. The Labute approximate surface area is 109 Å². The van der Waals surface area contributed by atoms with Gasteiger partial charge in [-0.1, -0.05) is 46.3 Å². The molecular formula is C12H30OSSi2. The van der Waals surface area contributed by atoms with Crippen molar-refractivity contribution in [2.24, 2.45) is 0 Å². The quantitative estimate of drug-likeness (QED) is 0.521. The van der Waals surface area contributed by atoms with Crippen molar-refractivity contribution in [1.82, 2.24) is 0 Å². The van der Waals surface area contributed by atoms with Crippen LogP contribution in [0, 0.1) is 0 Å². The summed E-state index contributed by atoms with van der Waals surface area (Å²) in [6.45, 7) is 14.4. The Bertz CT molecular complexity index is 214. The molecule has 16 heavy (non-hydrogen) atoms. The van der Waals surface area contributed by atoms with Crippen molar-refractivity contribution in [3.63, 3.8) is 0 Å². The molecule has 0 radical (unpaired) electrons. The van der Waals surface area contributed by atoms with Crippen LogP contribution < -0.4 is 0 Å². The smallest absolute Gasteiger partial charge is 0.235 e. The van der Waals surface area contributed by atoms with Gasteiger partial charge < -0.3 is 4.43 Å². The number of hydrogen-bond acceptors (Lipinski definition) is 2. The molecule has 1 atom stereocenters. The van der Waals surface area contributed by atoms with E-state index in [9.17, 15) is 0 Å². The Morgan fingerprint density at radius 2 is 1.56 bits per heavy atom. The molecule has 1 unspecified atom stereocenters. The summed E-state index contributed by atoms with van der Waals surface area (Å²) >= 11 is 5.04. The summed E-state index contributed by atoms with van der Waals surface area (Å²) in [7, 11) is -1.29. The van der Waals surface area contributed by atoms with E-state index in [0.29, 0.717) is 0 Å². The van der Waals surface area contributed by atoms with E-state index >= 15 is 0 Å². The highest BCUT2D eigenvalue weighted by atomic mass is 32.3. The van der Waals surface area contributed by atoms with Crippen molar-refractivity contribution in [2.45, 2.75) is 78.2 Å². The molecule has 0 fully saturated rings. The fourth-order valence-corrected chi connectivity index (χ4v) is 11.0. The van der Waals surface area contributed by atoms with Crippen molar-refractivity contribution >= 4 is 26.7 Å². The largest absolute Gasteiger partial charge is 0.405 e. The van der Waals surface area contributed by atoms with Crippen LogP contribution in [0.3, 0.4) is 0 Å². The van der Waals surface area contributed by atoms with Gasteiger partial charge in [0.1, 0.15) is 0 Å². The molecule has 0 saturated heterocycles. The molecule has 0 rings (SSSR count). The lowest BCUT2D eigenvalue weighted by Gasteiger charge is -2.43. The predicted molar refractivity (Wildman–Crippen MR) is 83.3 cm³/mol. The molecule has 0 heterocycles. The molecular weight excluding hydrogens is 248 g/mol. The van der Waals surface area contributed by atoms with Crippen LogP contribution in [0.5, 0.6) is 0 Å². The van der Waals surface area contributed by atoms with Crippen LogP contribution in [0.15, 0.2) is 0 Å². The second-order valence-electron chi connectivity index (χ2n) is 6.40. The minimum atomic E-state index is -1.79.